The van der Waals surface area contributed by atoms with Crippen LogP contribution in [0.3, 0.4) is 0 Å². The highest BCUT2D eigenvalue weighted by atomic mass is 16.5. The molecule has 8 heteroatoms. The zero-order valence-electron chi connectivity index (χ0n) is 38.5. The quantitative estimate of drug-likeness (QED) is 0.162. The predicted molar refractivity (Wildman–Crippen MR) is 239 cm³/mol. The molecule has 4 atom stereocenters. The first-order chi connectivity index (χ1) is 27.9. The van der Waals surface area contributed by atoms with Crippen LogP contribution >= 0.6 is 0 Å². The normalized spacial score (nSPS) is 18.3. The maximum Gasteiger partial charge on any atom is 0.150 e. The lowest BCUT2D eigenvalue weighted by atomic mass is 9.64. The van der Waals surface area contributed by atoms with Crippen molar-refractivity contribution in [2.75, 3.05) is 28.4 Å². The fraction of sp³-hybridized carbons (Fsp3) is 0.462. The van der Waals surface area contributed by atoms with Gasteiger partial charge in [0.05, 0.1) is 28.4 Å². The molecule has 8 nitrogen and oxygen atoms in total. The Labute approximate surface area is 357 Å². The van der Waals surface area contributed by atoms with Gasteiger partial charge in [0.1, 0.15) is 48.1 Å². The van der Waals surface area contributed by atoms with Gasteiger partial charge in [-0.25, -0.2) is 0 Å². The predicted octanol–water partition coefficient (Wildman–Crippen LogP) is 12.0. The molecule has 0 aliphatic heterocycles. The number of ether oxygens (including phenoxy) is 4. The van der Waals surface area contributed by atoms with Crippen LogP contribution in [-0.2, 0) is 0 Å². The van der Waals surface area contributed by atoms with Gasteiger partial charge < -0.3 is 18.9 Å². The van der Waals surface area contributed by atoms with Gasteiger partial charge in [-0.05, 0) is 68.2 Å². The van der Waals surface area contributed by atoms with Gasteiger partial charge in [0.2, 0.25) is 0 Å². The molecular weight excluding hydrogens is 753 g/mol. The number of rotatable bonds is 8. The molecule has 0 saturated heterocycles. The Morgan fingerprint density at radius 2 is 0.483 bits per heavy atom. The molecule has 0 N–H and O–H groups in total. The average molecular weight is 817 g/mol. The van der Waals surface area contributed by atoms with E-state index in [1.54, 1.807) is 52.7 Å². The minimum atomic E-state index is -0.506. The van der Waals surface area contributed by atoms with E-state index >= 15 is 0 Å². The Balaban J connectivity index is 2.22. The van der Waals surface area contributed by atoms with Crippen LogP contribution in [0, 0.1) is 21.7 Å². The summed E-state index contributed by atoms with van der Waals surface area (Å²) in [6, 6.07) is 15.5. The third-order valence-electron chi connectivity index (χ3n) is 12.2. The summed E-state index contributed by atoms with van der Waals surface area (Å²) in [6.45, 7) is 25.5. The molecule has 0 radical (unpaired) electrons. The third kappa shape index (κ3) is 8.27. The van der Waals surface area contributed by atoms with E-state index in [-0.39, 0.29) is 0 Å². The Hall–Kier alpha value is -5.24. The van der Waals surface area contributed by atoms with Crippen molar-refractivity contribution in [1.82, 2.24) is 0 Å². The second-order valence-corrected chi connectivity index (χ2v) is 20.6. The molecule has 0 saturated carbocycles. The van der Waals surface area contributed by atoms with Gasteiger partial charge in [-0.1, -0.05) is 107 Å². The van der Waals surface area contributed by atoms with Gasteiger partial charge in [0.15, 0.2) is 0 Å². The number of benzene rings is 4. The summed E-state index contributed by atoms with van der Waals surface area (Å²) in [7, 11) is 6.38. The summed E-state index contributed by atoms with van der Waals surface area (Å²) in [5, 5.41) is 0. The first kappa shape index (κ1) is 45.8. The molecule has 0 aromatic heterocycles. The maximum atomic E-state index is 13.3. The number of carbonyl (C=O) groups excluding carboxylic acids is 4. The minimum Gasteiger partial charge on any atom is -0.496 e. The SMILES string of the molecule is COc1cc(C=O)c2cc1C(C(C)(C)C)c1cc(c(OC)cc1C=O)C(C(C)(C)C)c1cc(c(OC)cc1C=O)C(C(C)(C)C)c1cc(c(OC)cc1C=O)C2C(C)(C)C. The van der Waals surface area contributed by atoms with Crippen LogP contribution in [0.25, 0.3) is 0 Å². The molecule has 4 aromatic carbocycles. The molecule has 8 bridgehead atoms. The number of aldehydes is 4. The van der Waals surface area contributed by atoms with E-state index in [9.17, 15) is 19.2 Å². The van der Waals surface area contributed by atoms with Crippen LogP contribution in [0.5, 0.6) is 23.0 Å². The Bertz CT molecular complexity index is 1980. The van der Waals surface area contributed by atoms with E-state index in [1.807, 2.05) is 0 Å². The third-order valence-corrected chi connectivity index (χ3v) is 12.2. The first-order valence-corrected chi connectivity index (χ1v) is 20.6. The van der Waals surface area contributed by atoms with Gasteiger partial charge in [-0.2, -0.15) is 0 Å². The van der Waals surface area contributed by atoms with Crippen LogP contribution in [0.1, 0.15) is 193 Å². The molecule has 0 spiro atoms. The maximum absolute atomic E-state index is 13.3. The first-order valence-electron chi connectivity index (χ1n) is 20.6. The Kier molecular flexibility index (Phi) is 12.7. The zero-order valence-corrected chi connectivity index (χ0v) is 38.5. The molecule has 5 rings (SSSR count). The molecule has 4 aromatic rings. The number of hydrogen-bond acceptors (Lipinski definition) is 8. The summed E-state index contributed by atoms with van der Waals surface area (Å²) in [5.74, 6) is 0.274. The molecule has 0 amide bonds. The second-order valence-electron chi connectivity index (χ2n) is 20.6. The highest BCUT2D eigenvalue weighted by Crippen LogP contribution is 2.56. The molecule has 1 aliphatic rings. The molecule has 4 unspecified atom stereocenters. The van der Waals surface area contributed by atoms with E-state index < -0.39 is 45.3 Å². The summed E-state index contributed by atoms with van der Waals surface area (Å²) >= 11 is 0. The van der Waals surface area contributed by atoms with E-state index in [4.69, 9.17) is 18.9 Å². The van der Waals surface area contributed by atoms with Crippen molar-refractivity contribution in [3.63, 3.8) is 0 Å². The summed E-state index contributed by atoms with van der Waals surface area (Å²) in [6.07, 6.45) is 3.47. The van der Waals surface area contributed by atoms with Crippen LogP contribution in [0.15, 0.2) is 48.5 Å². The van der Waals surface area contributed by atoms with E-state index in [1.165, 1.54) is 0 Å². The standard InChI is InChI=1S/C52H64O8/c1-49(2,3)45-33-21-38(42(58-14)17-29(33)25-53)47(51(7,8)9)35-23-40(44(60-16)19-31(35)27-55)48(52(10,11)12)36-24-39(43(59-15)20-32(36)28-56)46(50(4,5)6)34-22-37(45)41(57-13)18-30(34)26-54/h17-28,45-48H,1-16H3. The second kappa shape index (κ2) is 16.7. The van der Waals surface area contributed by atoms with Crippen molar-refractivity contribution >= 4 is 25.1 Å². The van der Waals surface area contributed by atoms with E-state index in [0.29, 0.717) is 45.3 Å². The summed E-state index contributed by atoms with van der Waals surface area (Å²) in [4.78, 5) is 53.2. The molecule has 1 aliphatic carbocycles. The van der Waals surface area contributed by atoms with Crippen LogP contribution in [0.2, 0.25) is 0 Å². The van der Waals surface area contributed by atoms with Gasteiger partial charge in [0, 0.05) is 68.2 Å². The van der Waals surface area contributed by atoms with E-state index in [0.717, 1.165) is 69.7 Å². The lowest BCUT2D eigenvalue weighted by Crippen LogP contribution is -2.28. The fourth-order valence-corrected chi connectivity index (χ4v) is 9.94. The monoisotopic (exact) mass is 816 g/mol. The molecule has 0 fully saturated rings. The highest BCUT2D eigenvalue weighted by molar-refractivity contribution is 5.85. The molecular formula is C52H64O8. The van der Waals surface area contributed by atoms with Crippen molar-refractivity contribution in [2.45, 2.75) is 107 Å². The lowest BCUT2D eigenvalue weighted by molar-refractivity contribution is 0.111. The number of hydrogen-bond donors (Lipinski definition) is 0. The van der Waals surface area contributed by atoms with Gasteiger partial charge in [-0.3, -0.25) is 19.2 Å². The van der Waals surface area contributed by atoms with Crippen LogP contribution in [0.4, 0.5) is 0 Å². The van der Waals surface area contributed by atoms with E-state index in [2.05, 4.69) is 107 Å². The molecule has 0 heterocycles. The van der Waals surface area contributed by atoms with Gasteiger partial charge in [-0.15, -0.1) is 0 Å². The topological polar surface area (TPSA) is 105 Å². The smallest absolute Gasteiger partial charge is 0.150 e. The van der Waals surface area contributed by atoms with Crippen molar-refractivity contribution in [1.29, 1.82) is 0 Å². The van der Waals surface area contributed by atoms with Crippen LogP contribution < -0.4 is 18.9 Å². The summed E-state index contributed by atoms with van der Waals surface area (Å²) < 4.78 is 24.6. The van der Waals surface area contributed by atoms with Gasteiger partial charge in [0.25, 0.3) is 0 Å². The Morgan fingerprint density at radius 3 is 0.600 bits per heavy atom. The average Bonchev–Trinajstić information content (AvgIpc) is 3.16. The molecule has 60 heavy (non-hydrogen) atoms. The van der Waals surface area contributed by atoms with Crippen molar-refractivity contribution in [3.8, 4) is 23.0 Å². The fourth-order valence-electron chi connectivity index (χ4n) is 9.94. The van der Waals surface area contributed by atoms with Crippen molar-refractivity contribution in [3.05, 3.63) is 115 Å². The number of methoxy groups -OCH3 is 4. The zero-order chi connectivity index (χ0) is 44.9. The Morgan fingerprint density at radius 1 is 0.317 bits per heavy atom. The van der Waals surface area contributed by atoms with Gasteiger partial charge >= 0.3 is 0 Å². The highest BCUT2D eigenvalue weighted by Gasteiger charge is 2.42. The van der Waals surface area contributed by atoms with Crippen LogP contribution in [-0.4, -0.2) is 53.6 Å². The minimum absolute atomic E-state index is 0.442. The number of carbonyl (C=O) groups is 4. The van der Waals surface area contributed by atoms with Crippen molar-refractivity contribution < 1.29 is 38.1 Å². The largest absolute Gasteiger partial charge is 0.496 e. The number of fused-ring (bicyclic) bond motifs is 8. The summed E-state index contributed by atoms with van der Waals surface area (Å²) in [5.41, 5.74) is 6.03. The lowest BCUT2D eigenvalue weighted by Gasteiger charge is -2.40. The molecule has 320 valence electrons. The van der Waals surface area contributed by atoms with Crippen molar-refractivity contribution in [2.24, 2.45) is 21.7 Å².